The first-order valence-corrected chi connectivity index (χ1v) is 10.9. The molecule has 1 fully saturated rings. The van der Waals surface area contributed by atoms with E-state index in [0.717, 1.165) is 28.2 Å². The van der Waals surface area contributed by atoms with Crippen molar-refractivity contribution in [3.05, 3.63) is 24.2 Å². The van der Waals surface area contributed by atoms with Gasteiger partial charge in [-0.3, -0.25) is 4.79 Å². The average molecular weight is 437 g/mol. The van der Waals surface area contributed by atoms with E-state index in [4.69, 9.17) is 19.4 Å². The smallest absolute Gasteiger partial charge is 0.221 e. The summed E-state index contributed by atoms with van der Waals surface area (Å²) in [7, 11) is 0. The second-order valence-electron chi connectivity index (χ2n) is 9.53. The molecular formula is C23H28N6O3. The summed E-state index contributed by atoms with van der Waals surface area (Å²) >= 11 is 0. The van der Waals surface area contributed by atoms with Gasteiger partial charge in [-0.25, -0.2) is 15.0 Å². The zero-order valence-electron chi connectivity index (χ0n) is 19.0. The number of ether oxygens (including phenoxy) is 2. The van der Waals surface area contributed by atoms with Crippen LogP contribution in [-0.2, 0) is 14.9 Å². The van der Waals surface area contributed by atoms with Gasteiger partial charge in [0.1, 0.15) is 12.3 Å². The Hall–Kier alpha value is -3.20. The van der Waals surface area contributed by atoms with Crippen LogP contribution in [0.2, 0.25) is 0 Å². The largest absolute Gasteiger partial charge is 0.486 e. The number of hydrogen-bond acceptors (Lipinski definition) is 7. The van der Waals surface area contributed by atoms with Crippen molar-refractivity contribution in [2.75, 3.05) is 30.0 Å². The lowest BCUT2D eigenvalue weighted by Crippen LogP contribution is -2.56. The number of H-pyrrole nitrogens is 1. The van der Waals surface area contributed by atoms with Crippen LogP contribution in [-0.4, -0.2) is 57.7 Å². The van der Waals surface area contributed by atoms with Gasteiger partial charge in [-0.15, -0.1) is 0 Å². The number of aromatic amines is 1. The SMILES string of the molecule is CC(=O)Nc1cnc2[nH]ccc2c1-c1nc2c(c(C(C)(C)C)n1)OC[C@@H]1COC[C@@H](C)N21. The maximum Gasteiger partial charge on any atom is 0.221 e. The van der Waals surface area contributed by atoms with E-state index in [1.807, 2.05) is 12.3 Å². The number of carbonyl (C=O) groups excluding carboxylic acids is 1. The normalized spacial score (nSPS) is 20.5. The van der Waals surface area contributed by atoms with E-state index in [9.17, 15) is 4.79 Å². The minimum atomic E-state index is -0.275. The van der Waals surface area contributed by atoms with Crippen LogP contribution in [0, 0.1) is 0 Å². The third kappa shape index (κ3) is 3.37. The topological polar surface area (TPSA) is 105 Å². The summed E-state index contributed by atoms with van der Waals surface area (Å²) in [6.07, 6.45) is 3.47. The Balaban J connectivity index is 1.79. The molecule has 2 aliphatic heterocycles. The molecule has 3 aromatic heterocycles. The minimum Gasteiger partial charge on any atom is -0.486 e. The van der Waals surface area contributed by atoms with E-state index in [0.29, 0.717) is 37.0 Å². The number of amides is 1. The number of hydrogen-bond donors (Lipinski definition) is 2. The van der Waals surface area contributed by atoms with Gasteiger partial charge in [0.25, 0.3) is 0 Å². The summed E-state index contributed by atoms with van der Waals surface area (Å²) < 4.78 is 12.0. The molecule has 0 spiro atoms. The molecule has 3 aromatic rings. The first kappa shape index (κ1) is 20.7. The molecule has 1 amide bonds. The highest BCUT2D eigenvalue weighted by atomic mass is 16.5. The summed E-state index contributed by atoms with van der Waals surface area (Å²) in [5, 5.41) is 3.74. The molecule has 1 saturated heterocycles. The quantitative estimate of drug-likeness (QED) is 0.635. The number of anilines is 2. The predicted molar refractivity (Wildman–Crippen MR) is 122 cm³/mol. The van der Waals surface area contributed by atoms with Crippen LogP contribution in [0.1, 0.15) is 40.3 Å². The Kier molecular flexibility index (Phi) is 4.81. The fourth-order valence-electron chi connectivity index (χ4n) is 4.48. The summed E-state index contributed by atoms with van der Waals surface area (Å²) in [6.45, 7) is 11.7. The molecule has 0 saturated carbocycles. The van der Waals surface area contributed by atoms with Crippen molar-refractivity contribution in [1.29, 1.82) is 0 Å². The van der Waals surface area contributed by atoms with Gasteiger partial charge in [0, 0.05) is 23.9 Å². The fraction of sp³-hybridized carbons (Fsp3) is 0.478. The lowest BCUT2D eigenvalue weighted by atomic mass is 9.90. The maximum absolute atomic E-state index is 11.9. The van der Waals surface area contributed by atoms with Crippen LogP contribution in [0.25, 0.3) is 22.4 Å². The van der Waals surface area contributed by atoms with Crippen LogP contribution in [0.15, 0.2) is 18.5 Å². The summed E-state index contributed by atoms with van der Waals surface area (Å²) in [6, 6.07) is 2.19. The van der Waals surface area contributed by atoms with E-state index in [-0.39, 0.29) is 23.4 Å². The average Bonchev–Trinajstić information content (AvgIpc) is 3.20. The van der Waals surface area contributed by atoms with Crippen LogP contribution >= 0.6 is 0 Å². The van der Waals surface area contributed by atoms with E-state index < -0.39 is 0 Å². The molecule has 5 rings (SSSR count). The second kappa shape index (κ2) is 7.44. The van der Waals surface area contributed by atoms with E-state index >= 15 is 0 Å². The van der Waals surface area contributed by atoms with Crippen LogP contribution in [0.3, 0.4) is 0 Å². The van der Waals surface area contributed by atoms with Crippen molar-refractivity contribution in [2.45, 2.75) is 52.1 Å². The highest BCUT2D eigenvalue weighted by Crippen LogP contribution is 2.44. The van der Waals surface area contributed by atoms with Crippen molar-refractivity contribution in [1.82, 2.24) is 19.9 Å². The molecule has 0 aliphatic carbocycles. The van der Waals surface area contributed by atoms with Crippen molar-refractivity contribution in [3.63, 3.8) is 0 Å². The first-order valence-electron chi connectivity index (χ1n) is 10.9. The standard InChI is InChI=1S/C23H28N6O3/c1-12-9-31-10-14-11-32-18-19(23(3,4)5)27-21(28-22(18)29(12)14)17-15-6-7-24-20(15)25-8-16(17)26-13(2)30/h6-8,12,14H,9-11H2,1-5H3,(H,24,25)(H,26,30)/t12-,14+/m1/s1. The second-order valence-corrected chi connectivity index (χ2v) is 9.53. The number of pyridine rings is 1. The van der Waals surface area contributed by atoms with Gasteiger partial charge < -0.3 is 24.7 Å². The molecule has 5 heterocycles. The molecule has 2 aliphatic rings. The monoisotopic (exact) mass is 436 g/mol. The highest BCUT2D eigenvalue weighted by Gasteiger charge is 2.39. The number of rotatable bonds is 2. The lowest BCUT2D eigenvalue weighted by molar-refractivity contribution is -0.114. The van der Waals surface area contributed by atoms with Crippen molar-refractivity contribution >= 4 is 28.4 Å². The van der Waals surface area contributed by atoms with Crippen molar-refractivity contribution in [2.24, 2.45) is 0 Å². The number of nitrogens with one attached hydrogen (secondary N) is 2. The number of morpholine rings is 1. The van der Waals surface area contributed by atoms with Crippen molar-refractivity contribution < 1.29 is 14.3 Å². The van der Waals surface area contributed by atoms with E-state index in [2.05, 4.69) is 47.9 Å². The zero-order valence-corrected chi connectivity index (χ0v) is 19.0. The highest BCUT2D eigenvalue weighted by molar-refractivity contribution is 6.02. The van der Waals surface area contributed by atoms with Gasteiger partial charge in [-0.2, -0.15) is 0 Å². The molecule has 168 valence electrons. The molecule has 9 heteroatoms. The summed E-state index contributed by atoms with van der Waals surface area (Å²) in [4.78, 5) is 31.8. The molecule has 0 radical (unpaired) electrons. The summed E-state index contributed by atoms with van der Waals surface area (Å²) in [5.74, 6) is 1.86. The van der Waals surface area contributed by atoms with Crippen LogP contribution < -0.4 is 15.0 Å². The Morgan fingerprint density at radius 3 is 2.81 bits per heavy atom. The number of aromatic nitrogens is 4. The van der Waals surface area contributed by atoms with E-state index in [1.54, 1.807) is 6.20 Å². The van der Waals surface area contributed by atoms with Gasteiger partial charge in [-0.05, 0) is 13.0 Å². The molecule has 0 aromatic carbocycles. The van der Waals surface area contributed by atoms with Crippen LogP contribution in [0.4, 0.5) is 11.5 Å². The molecule has 2 atom stereocenters. The zero-order chi connectivity index (χ0) is 22.6. The van der Waals surface area contributed by atoms with Gasteiger partial charge >= 0.3 is 0 Å². The maximum atomic E-state index is 11.9. The Morgan fingerprint density at radius 2 is 2.06 bits per heavy atom. The van der Waals surface area contributed by atoms with E-state index in [1.165, 1.54) is 6.92 Å². The van der Waals surface area contributed by atoms with Crippen LogP contribution in [0.5, 0.6) is 5.75 Å². The molecule has 0 bridgehead atoms. The molecular weight excluding hydrogens is 408 g/mol. The van der Waals surface area contributed by atoms with Gasteiger partial charge in [0.15, 0.2) is 17.4 Å². The van der Waals surface area contributed by atoms with Gasteiger partial charge in [-0.1, -0.05) is 20.8 Å². The molecule has 32 heavy (non-hydrogen) atoms. The number of nitrogens with zero attached hydrogens (tertiary/aromatic N) is 4. The van der Waals surface area contributed by atoms with Crippen molar-refractivity contribution in [3.8, 4) is 17.1 Å². The molecule has 0 unspecified atom stereocenters. The fourth-order valence-corrected chi connectivity index (χ4v) is 4.48. The lowest BCUT2D eigenvalue weighted by Gasteiger charge is -2.45. The predicted octanol–water partition coefficient (Wildman–Crippen LogP) is 3.26. The minimum absolute atomic E-state index is 0.0985. The Labute approximate surface area is 186 Å². The number of carbonyl (C=O) groups is 1. The van der Waals surface area contributed by atoms with Gasteiger partial charge in [0.2, 0.25) is 5.91 Å². The Morgan fingerprint density at radius 1 is 1.25 bits per heavy atom. The third-order valence-electron chi connectivity index (χ3n) is 5.88. The first-order chi connectivity index (χ1) is 15.2. The molecule has 2 N–H and O–H groups in total. The van der Waals surface area contributed by atoms with Gasteiger partial charge in [0.05, 0.1) is 48.4 Å². The third-order valence-corrected chi connectivity index (χ3v) is 5.88. The molecule has 9 nitrogen and oxygen atoms in total. The number of fused-ring (bicyclic) bond motifs is 4. The summed E-state index contributed by atoms with van der Waals surface area (Å²) in [5.41, 5.74) is 2.59. The Bertz CT molecular complexity index is 1200.